The molecule has 0 bridgehead atoms. The maximum absolute atomic E-state index is 12.5. The number of hydrogen-bond acceptors (Lipinski definition) is 6. The number of aliphatic hydroxyl groups is 1. The monoisotopic (exact) mass is 454 g/mol. The highest BCUT2D eigenvalue weighted by Gasteiger charge is 2.22. The molecule has 7 nitrogen and oxygen atoms in total. The summed E-state index contributed by atoms with van der Waals surface area (Å²) >= 11 is 6.12. The second-order valence-corrected chi connectivity index (χ2v) is 8.46. The van der Waals surface area contributed by atoms with Crippen molar-refractivity contribution in [3.8, 4) is 0 Å². The van der Waals surface area contributed by atoms with E-state index in [4.69, 9.17) is 16.0 Å². The molecule has 2 N–H and O–H groups in total. The average Bonchev–Trinajstić information content (AvgIpc) is 3.27. The molecular formula is C24H27ClN4O3. The van der Waals surface area contributed by atoms with Crippen LogP contribution in [0.4, 0.5) is 5.69 Å². The van der Waals surface area contributed by atoms with Gasteiger partial charge in [0.05, 0.1) is 12.6 Å². The summed E-state index contributed by atoms with van der Waals surface area (Å²) in [7, 11) is 0. The van der Waals surface area contributed by atoms with Gasteiger partial charge in [-0.2, -0.15) is 0 Å². The van der Waals surface area contributed by atoms with Crippen molar-refractivity contribution in [2.75, 3.05) is 38.0 Å². The number of aromatic nitrogens is 1. The number of oxazole rings is 1. The molecule has 32 heavy (non-hydrogen) atoms. The van der Waals surface area contributed by atoms with Crippen LogP contribution in [0.3, 0.4) is 0 Å². The Kier molecular flexibility index (Phi) is 7.22. The summed E-state index contributed by atoms with van der Waals surface area (Å²) in [6.45, 7) is 6.45. The van der Waals surface area contributed by atoms with E-state index in [0.29, 0.717) is 29.7 Å². The van der Waals surface area contributed by atoms with Gasteiger partial charge >= 0.3 is 0 Å². The second-order valence-electron chi connectivity index (χ2n) is 8.05. The molecule has 1 amide bonds. The van der Waals surface area contributed by atoms with Crippen molar-refractivity contribution in [3.05, 3.63) is 82.5 Å². The van der Waals surface area contributed by atoms with Crippen LogP contribution in [0.2, 0.25) is 5.02 Å². The number of rotatable bonds is 7. The second kappa shape index (κ2) is 10.3. The number of halogens is 1. The topological polar surface area (TPSA) is 81.8 Å². The predicted molar refractivity (Wildman–Crippen MR) is 124 cm³/mol. The molecule has 1 aliphatic rings. The van der Waals surface area contributed by atoms with Gasteiger partial charge in [0.2, 0.25) is 5.89 Å². The number of hydrogen-bond donors (Lipinski definition) is 2. The number of amides is 1. The summed E-state index contributed by atoms with van der Waals surface area (Å²) in [6, 6.07) is 15.1. The Morgan fingerprint density at radius 1 is 1.16 bits per heavy atom. The number of carbonyl (C=O) groups excluding carboxylic acids is 1. The normalized spacial score (nSPS) is 16.1. The van der Waals surface area contributed by atoms with E-state index in [1.165, 1.54) is 6.26 Å². The van der Waals surface area contributed by atoms with Gasteiger partial charge in [0, 0.05) is 43.4 Å². The number of aryl methyl sites for hydroxylation is 1. The van der Waals surface area contributed by atoms with Gasteiger partial charge in [0.1, 0.15) is 6.26 Å². The number of benzene rings is 2. The highest BCUT2D eigenvalue weighted by molar-refractivity contribution is 6.31. The number of nitrogens with zero attached hydrogens (tertiary/aromatic N) is 3. The van der Waals surface area contributed by atoms with Crippen molar-refractivity contribution in [3.63, 3.8) is 0 Å². The number of piperazine rings is 1. The Morgan fingerprint density at radius 2 is 1.88 bits per heavy atom. The first-order valence-electron chi connectivity index (χ1n) is 10.7. The smallest absolute Gasteiger partial charge is 0.277 e. The minimum absolute atomic E-state index is 0.237. The molecule has 0 aliphatic carbocycles. The van der Waals surface area contributed by atoms with Crippen LogP contribution in [0, 0.1) is 6.92 Å². The molecule has 0 saturated carbocycles. The van der Waals surface area contributed by atoms with Crippen LogP contribution in [-0.2, 0) is 6.54 Å². The molecule has 168 valence electrons. The molecule has 1 fully saturated rings. The van der Waals surface area contributed by atoms with E-state index < -0.39 is 6.10 Å². The van der Waals surface area contributed by atoms with E-state index in [2.05, 4.69) is 20.1 Å². The highest BCUT2D eigenvalue weighted by Crippen LogP contribution is 2.21. The van der Waals surface area contributed by atoms with Crippen LogP contribution < -0.4 is 5.32 Å². The van der Waals surface area contributed by atoms with Crippen molar-refractivity contribution in [1.82, 2.24) is 14.8 Å². The number of β-amino-alcohol motifs (C(OH)–C–C–N with tert-alkyl or cyclic N) is 1. The molecule has 1 aromatic heterocycles. The van der Waals surface area contributed by atoms with E-state index in [1.54, 1.807) is 12.1 Å². The molecule has 4 rings (SSSR count). The Balaban J connectivity index is 1.25. The Labute approximate surface area is 192 Å². The van der Waals surface area contributed by atoms with Crippen LogP contribution in [0.1, 0.15) is 33.6 Å². The van der Waals surface area contributed by atoms with Crippen molar-refractivity contribution >= 4 is 23.2 Å². The highest BCUT2D eigenvalue weighted by atomic mass is 35.5. The first-order chi connectivity index (χ1) is 15.5. The van der Waals surface area contributed by atoms with E-state index in [1.807, 2.05) is 43.3 Å². The van der Waals surface area contributed by atoms with Crippen LogP contribution in [0.25, 0.3) is 0 Å². The number of anilines is 1. The fourth-order valence-corrected chi connectivity index (χ4v) is 3.88. The summed E-state index contributed by atoms with van der Waals surface area (Å²) in [6.07, 6.45) is 0.895. The van der Waals surface area contributed by atoms with Crippen LogP contribution in [0.15, 0.2) is 59.2 Å². The standard InChI is InChI=1S/C24H27ClN4O3/c1-17-7-8-19(13-20(17)25)26-24(31)21-16-32-23(27-21)15-29-11-9-28(10-12-29)14-22(30)18-5-3-2-4-6-18/h2-8,13,16,22,30H,9-12,14-15H2,1H3,(H,26,31)/t22-/m0/s1. The largest absolute Gasteiger partial charge is 0.447 e. The van der Waals surface area contributed by atoms with E-state index in [-0.39, 0.29) is 11.6 Å². The molecule has 1 aliphatic heterocycles. The summed E-state index contributed by atoms with van der Waals surface area (Å²) in [5.74, 6) is 0.175. The van der Waals surface area contributed by atoms with Crippen LogP contribution >= 0.6 is 11.6 Å². The summed E-state index contributed by atoms with van der Waals surface area (Å²) in [5.41, 5.74) is 2.74. The zero-order valence-electron chi connectivity index (χ0n) is 18.0. The Hall–Kier alpha value is -2.71. The van der Waals surface area contributed by atoms with Crippen molar-refractivity contribution in [2.45, 2.75) is 19.6 Å². The fraction of sp³-hybridized carbons (Fsp3) is 0.333. The number of aliphatic hydroxyl groups excluding tert-OH is 1. The molecule has 2 heterocycles. The lowest BCUT2D eigenvalue weighted by Crippen LogP contribution is -2.47. The average molecular weight is 455 g/mol. The SMILES string of the molecule is Cc1ccc(NC(=O)c2coc(CN3CCN(C[C@H](O)c4ccccc4)CC3)n2)cc1Cl. The third-order valence-corrected chi connectivity index (χ3v) is 6.06. The predicted octanol–water partition coefficient (Wildman–Crippen LogP) is 3.74. The molecule has 0 radical (unpaired) electrons. The van der Waals surface area contributed by atoms with Gasteiger partial charge in [-0.15, -0.1) is 0 Å². The van der Waals surface area contributed by atoms with Gasteiger partial charge in [0.15, 0.2) is 5.69 Å². The van der Waals surface area contributed by atoms with Crippen molar-refractivity contribution in [1.29, 1.82) is 0 Å². The molecule has 1 saturated heterocycles. The summed E-state index contributed by atoms with van der Waals surface area (Å²) in [4.78, 5) is 21.3. The molecule has 2 aromatic carbocycles. The zero-order valence-corrected chi connectivity index (χ0v) is 18.8. The minimum Gasteiger partial charge on any atom is -0.447 e. The third kappa shape index (κ3) is 5.75. The first kappa shape index (κ1) is 22.5. The maximum Gasteiger partial charge on any atom is 0.277 e. The maximum atomic E-state index is 12.5. The Morgan fingerprint density at radius 3 is 2.59 bits per heavy atom. The lowest BCUT2D eigenvalue weighted by Gasteiger charge is -2.35. The molecule has 1 atom stereocenters. The molecule has 0 spiro atoms. The number of carbonyl (C=O) groups is 1. The van der Waals surface area contributed by atoms with E-state index in [0.717, 1.165) is 37.3 Å². The summed E-state index contributed by atoms with van der Waals surface area (Å²) in [5, 5.41) is 13.8. The van der Waals surface area contributed by atoms with Crippen LogP contribution in [-0.4, -0.2) is 58.5 Å². The van der Waals surface area contributed by atoms with Gasteiger partial charge in [-0.1, -0.05) is 48.0 Å². The lowest BCUT2D eigenvalue weighted by molar-refractivity contribution is 0.0671. The zero-order chi connectivity index (χ0) is 22.5. The van der Waals surface area contributed by atoms with Crippen molar-refractivity contribution < 1.29 is 14.3 Å². The number of nitrogens with one attached hydrogen (secondary N) is 1. The minimum atomic E-state index is -0.487. The first-order valence-corrected chi connectivity index (χ1v) is 11.1. The quantitative estimate of drug-likeness (QED) is 0.566. The van der Waals surface area contributed by atoms with Gasteiger partial charge < -0.3 is 14.8 Å². The third-order valence-electron chi connectivity index (χ3n) is 5.65. The summed E-state index contributed by atoms with van der Waals surface area (Å²) < 4.78 is 5.53. The van der Waals surface area contributed by atoms with Crippen LogP contribution in [0.5, 0.6) is 0 Å². The fourth-order valence-electron chi connectivity index (χ4n) is 3.70. The van der Waals surface area contributed by atoms with Gasteiger partial charge in [0.25, 0.3) is 5.91 Å². The molecule has 0 unspecified atom stereocenters. The Bertz CT molecular complexity index is 1050. The van der Waals surface area contributed by atoms with Gasteiger partial charge in [-0.3, -0.25) is 14.6 Å². The molecule has 8 heteroatoms. The molecular weight excluding hydrogens is 428 g/mol. The van der Waals surface area contributed by atoms with Gasteiger partial charge in [-0.25, -0.2) is 4.98 Å². The van der Waals surface area contributed by atoms with Gasteiger partial charge in [-0.05, 0) is 30.2 Å². The molecule has 3 aromatic rings. The van der Waals surface area contributed by atoms with E-state index >= 15 is 0 Å². The lowest BCUT2D eigenvalue weighted by atomic mass is 10.1. The van der Waals surface area contributed by atoms with E-state index in [9.17, 15) is 9.90 Å². The van der Waals surface area contributed by atoms with Crippen molar-refractivity contribution in [2.24, 2.45) is 0 Å².